The monoisotopic (exact) mass is 548 g/mol. The molecule has 200 valence electrons. The maximum Gasteiger partial charge on any atom is 0.269 e. The van der Waals surface area contributed by atoms with Gasteiger partial charge in [0.25, 0.3) is 21.6 Å². The van der Waals surface area contributed by atoms with Gasteiger partial charge in [-0.15, -0.1) is 0 Å². The Morgan fingerprint density at radius 3 is 2.46 bits per heavy atom. The first kappa shape index (κ1) is 27.1. The molecule has 0 saturated heterocycles. The Hall–Kier alpha value is -4.97. The molecule has 4 rings (SSSR count). The molecule has 1 amide bonds. The maximum absolute atomic E-state index is 13.5. The highest BCUT2D eigenvalue weighted by molar-refractivity contribution is 7.92. The fraction of sp³-hybridized carbons (Fsp3) is 0.111. The second-order valence-electron chi connectivity index (χ2n) is 8.33. The number of nitrogens with one attached hydrogen (secondary N) is 1. The third kappa shape index (κ3) is 6.48. The smallest absolute Gasteiger partial charge is 0.269 e. The lowest BCUT2D eigenvalue weighted by atomic mass is 10.1. The van der Waals surface area contributed by atoms with Gasteiger partial charge in [0, 0.05) is 23.8 Å². The van der Waals surface area contributed by atoms with Crippen LogP contribution in [-0.2, 0) is 14.8 Å². The fourth-order valence-corrected chi connectivity index (χ4v) is 4.99. The van der Waals surface area contributed by atoms with Crippen LogP contribution in [0.15, 0.2) is 99.3 Å². The summed E-state index contributed by atoms with van der Waals surface area (Å²) in [6.45, 7) is 1.29. The zero-order valence-corrected chi connectivity index (χ0v) is 21.8. The summed E-state index contributed by atoms with van der Waals surface area (Å²) in [6.07, 6.45) is 1.26. The number of rotatable bonds is 10. The number of carbonyl (C=O) groups excluding carboxylic acids is 1. The summed E-state index contributed by atoms with van der Waals surface area (Å²) in [5.41, 5.74) is 4.04. The third-order valence-corrected chi connectivity index (χ3v) is 7.40. The Labute approximate surface area is 224 Å². The van der Waals surface area contributed by atoms with Crippen LogP contribution >= 0.6 is 0 Å². The van der Waals surface area contributed by atoms with E-state index in [9.17, 15) is 23.3 Å². The summed E-state index contributed by atoms with van der Waals surface area (Å²) in [6, 6.07) is 21.8. The molecule has 1 heterocycles. The predicted molar refractivity (Wildman–Crippen MR) is 145 cm³/mol. The number of methoxy groups -OCH3 is 1. The molecule has 0 aliphatic rings. The number of furan rings is 1. The molecule has 0 aliphatic heterocycles. The van der Waals surface area contributed by atoms with E-state index in [1.165, 1.54) is 43.7 Å². The topological polar surface area (TPSA) is 144 Å². The molecule has 0 saturated carbocycles. The van der Waals surface area contributed by atoms with E-state index >= 15 is 0 Å². The number of anilines is 1. The zero-order chi connectivity index (χ0) is 28.0. The van der Waals surface area contributed by atoms with Crippen molar-refractivity contribution in [3.63, 3.8) is 0 Å². The van der Waals surface area contributed by atoms with Crippen LogP contribution in [0, 0.1) is 17.0 Å². The number of aryl methyl sites for hydroxylation is 1. The summed E-state index contributed by atoms with van der Waals surface area (Å²) < 4.78 is 38.8. The molecule has 0 spiro atoms. The molecular weight excluding hydrogens is 524 g/mol. The summed E-state index contributed by atoms with van der Waals surface area (Å²) in [5.74, 6) is 0.496. The Balaban J connectivity index is 1.49. The maximum atomic E-state index is 13.5. The zero-order valence-electron chi connectivity index (χ0n) is 21.0. The highest BCUT2D eigenvalue weighted by Gasteiger charge is 2.27. The van der Waals surface area contributed by atoms with Gasteiger partial charge >= 0.3 is 0 Å². The molecule has 1 aromatic heterocycles. The van der Waals surface area contributed by atoms with E-state index in [1.54, 1.807) is 54.6 Å². The summed E-state index contributed by atoms with van der Waals surface area (Å²) in [5, 5.41) is 14.7. The standard InChI is InChI=1S/C27H24N4O7S/c1-19-6-13-25(14-7-19)39(35,36)30(22-4-3-5-23(16-22)37-2)18-27(32)29-28-17-24-12-15-26(38-24)20-8-10-21(11-9-20)31(33)34/h3-17H,18H2,1-2H3,(H,29,32)/b28-17-. The number of ether oxygens (including phenoxy) is 1. The number of sulfonamides is 1. The van der Waals surface area contributed by atoms with Gasteiger partial charge < -0.3 is 9.15 Å². The van der Waals surface area contributed by atoms with E-state index in [1.807, 2.05) is 6.92 Å². The molecule has 4 aromatic rings. The number of hydrazone groups is 1. The van der Waals surface area contributed by atoms with Crippen LogP contribution in [0.2, 0.25) is 0 Å². The molecule has 0 bridgehead atoms. The van der Waals surface area contributed by atoms with Gasteiger partial charge in [-0.1, -0.05) is 23.8 Å². The van der Waals surface area contributed by atoms with Gasteiger partial charge in [0.1, 0.15) is 23.8 Å². The molecule has 0 aliphatic carbocycles. The number of amides is 1. The minimum absolute atomic E-state index is 0.0292. The lowest BCUT2D eigenvalue weighted by Gasteiger charge is -2.24. The van der Waals surface area contributed by atoms with Crippen LogP contribution in [0.1, 0.15) is 11.3 Å². The number of carbonyl (C=O) groups is 1. The molecule has 0 radical (unpaired) electrons. The van der Waals surface area contributed by atoms with Crippen molar-refractivity contribution in [1.29, 1.82) is 0 Å². The number of nitro benzene ring substituents is 1. The Kier molecular flexibility index (Phi) is 8.06. The molecule has 3 aromatic carbocycles. The van der Waals surface area contributed by atoms with Crippen LogP contribution in [0.3, 0.4) is 0 Å². The number of non-ortho nitro benzene ring substituents is 1. The van der Waals surface area contributed by atoms with Crippen LogP contribution in [0.5, 0.6) is 5.75 Å². The summed E-state index contributed by atoms with van der Waals surface area (Å²) >= 11 is 0. The van der Waals surface area contributed by atoms with E-state index in [0.29, 0.717) is 22.8 Å². The predicted octanol–water partition coefficient (Wildman–Crippen LogP) is 4.52. The Morgan fingerprint density at radius 2 is 1.79 bits per heavy atom. The first-order valence-electron chi connectivity index (χ1n) is 11.6. The molecule has 12 heteroatoms. The van der Waals surface area contributed by atoms with Gasteiger partial charge in [0.05, 0.1) is 28.8 Å². The first-order chi connectivity index (χ1) is 18.7. The van der Waals surface area contributed by atoms with Crippen LogP contribution in [-0.4, -0.2) is 39.1 Å². The van der Waals surface area contributed by atoms with Gasteiger partial charge in [-0.25, -0.2) is 13.8 Å². The molecule has 0 atom stereocenters. The molecule has 1 N–H and O–H groups in total. The van der Waals surface area contributed by atoms with E-state index in [4.69, 9.17) is 9.15 Å². The first-order valence-corrected chi connectivity index (χ1v) is 13.0. The van der Waals surface area contributed by atoms with Crippen LogP contribution in [0.25, 0.3) is 11.3 Å². The van der Waals surface area contributed by atoms with Gasteiger partial charge in [-0.2, -0.15) is 5.10 Å². The van der Waals surface area contributed by atoms with E-state index in [0.717, 1.165) is 9.87 Å². The molecule has 0 unspecified atom stereocenters. The Bertz CT molecular complexity index is 1610. The van der Waals surface area contributed by atoms with Gasteiger partial charge in [0.2, 0.25) is 0 Å². The van der Waals surface area contributed by atoms with Gasteiger partial charge in [-0.05, 0) is 55.5 Å². The van der Waals surface area contributed by atoms with Crippen molar-refractivity contribution in [2.75, 3.05) is 18.0 Å². The quantitative estimate of drug-likeness (QED) is 0.174. The van der Waals surface area contributed by atoms with Crippen molar-refractivity contribution < 1.29 is 27.3 Å². The number of nitrogens with zero attached hydrogens (tertiary/aromatic N) is 3. The second-order valence-corrected chi connectivity index (χ2v) is 10.2. The summed E-state index contributed by atoms with van der Waals surface area (Å²) in [7, 11) is -2.64. The number of nitro groups is 1. The average molecular weight is 549 g/mol. The Morgan fingerprint density at radius 1 is 1.08 bits per heavy atom. The normalized spacial score (nSPS) is 11.3. The highest BCUT2D eigenvalue weighted by atomic mass is 32.2. The minimum atomic E-state index is -4.10. The highest BCUT2D eigenvalue weighted by Crippen LogP contribution is 2.27. The molecule has 11 nitrogen and oxygen atoms in total. The van der Waals surface area contributed by atoms with Gasteiger partial charge in [0.15, 0.2) is 0 Å². The van der Waals surface area contributed by atoms with E-state index in [2.05, 4.69) is 10.5 Å². The molecule has 0 fully saturated rings. The van der Waals surface area contributed by atoms with Crippen molar-refractivity contribution in [3.05, 3.63) is 106 Å². The minimum Gasteiger partial charge on any atom is -0.497 e. The van der Waals surface area contributed by atoms with Crippen LogP contribution < -0.4 is 14.5 Å². The van der Waals surface area contributed by atoms with Crippen molar-refractivity contribution >= 4 is 33.5 Å². The molecular formula is C27H24N4O7S. The van der Waals surface area contributed by atoms with E-state index < -0.39 is 27.4 Å². The van der Waals surface area contributed by atoms with Crippen molar-refractivity contribution in [3.8, 4) is 17.1 Å². The average Bonchev–Trinajstić information content (AvgIpc) is 3.41. The number of hydrogen-bond donors (Lipinski definition) is 1. The summed E-state index contributed by atoms with van der Waals surface area (Å²) in [4.78, 5) is 23.1. The van der Waals surface area contributed by atoms with Crippen molar-refractivity contribution in [2.24, 2.45) is 5.10 Å². The SMILES string of the molecule is COc1cccc(N(CC(=O)N/N=C\c2ccc(-c3ccc([N+](=O)[O-])cc3)o2)S(=O)(=O)c2ccc(C)cc2)c1. The van der Waals surface area contributed by atoms with Gasteiger partial charge in [-0.3, -0.25) is 19.2 Å². The lowest BCUT2D eigenvalue weighted by molar-refractivity contribution is -0.384. The van der Waals surface area contributed by atoms with Crippen LogP contribution in [0.4, 0.5) is 11.4 Å². The second kappa shape index (κ2) is 11.6. The lowest BCUT2D eigenvalue weighted by Crippen LogP contribution is -2.39. The molecule has 39 heavy (non-hydrogen) atoms. The van der Waals surface area contributed by atoms with Crippen molar-refractivity contribution in [1.82, 2.24) is 5.43 Å². The van der Waals surface area contributed by atoms with Crippen molar-refractivity contribution in [2.45, 2.75) is 11.8 Å². The fourth-order valence-electron chi connectivity index (χ4n) is 3.58. The largest absolute Gasteiger partial charge is 0.497 e. The number of hydrogen-bond acceptors (Lipinski definition) is 8. The van der Waals surface area contributed by atoms with E-state index in [-0.39, 0.29) is 16.3 Å². The number of benzene rings is 3. The third-order valence-electron chi connectivity index (χ3n) is 5.61.